The Labute approximate surface area is 302 Å². The van der Waals surface area contributed by atoms with Gasteiger partial charge in [-0.05, 0) is 108 Å². The summed E-state index contributed by atoms with van der Waals surface area (Å²) in [6.07, 6.45) is 6.97. The fraction of sp³-hybridized carbons (Fsp3) is 0.575. The third kappa shape index (κ3) is 5.74. The number of nitrogens with one attached hydrogen (secondary N) is 1. The third-order valence-corrected chi connectivity index (χ3v) is 13.2. The van der Waals surface area contributed by atoms with E-state index in [1.54, 1.807) is 7.11 Å². The second-order valence-corrected chi connectivity index (χ2v) is 18.4. The molecule has 3 amide bonds. The van der Waals surface area contributed by atoms with E-state index >= 15 is 4.79 Å². The number of amides is 3. The average molecular weight is 715 g/mol. The third-order valence-electron chi connectivity index (χ3n) is 12.0. The molecule has 5 aliphatic rings. The fourth-order valence-electron chi connectivity index (χ4n) is 9.44. The number of methoxy groups -OCH3 is 1. The van der Waals surface area contributed by atoms with Crippen molar-refractivity contribution in [3.63, 3.8) is 0 Å². The predicted octanol–water partition coefficient (Wildman–Crippen LogP) is 6.87. The number of aromatic nitrogens is 1. The highest BCUT2D eigenvalue weighted by Crippen LogP contribution is 2.66. The zero-order valence-electron chi connectivity index (χ0n) is 30.6. The Balaban J connectivity index is 1.22. The summed E-state index contributed by atoms with van der Waals surface area (Å²) in [5.41, 5.74) is 4.89. The summed E-state index contributed by atoms with van der Waals surface area (Å²) in [5, 5.41) is 0.915. The molecule has 0 spiro atoms. The summed E-state index contributed by atoms with van der Waals surface area (Å²) in [6, 6.07) is 12.1. The van der Waals surface area contributed by atoms with E-state index in [2.05, 4.69) is 27.5 Å². The zero-order chi connectivity index (χ0) is 36.0. The molecule has 3 aliphatic heterocycles. The van der Waals surface area contributed by atoms with Crippen LogP contribution in [0.3, 0.4) is 0 Å². The highest BCUT2D eigenvalue weighted by molar-refractivity contribution is 7.84. The van der Waals surface area contributed by atoms with Gasteiger partial charge in [0.05, 0.1) is 30.3 Å². The van der Waals surface area contributed by atoms with E-state index in [1.807, 2.05) is 62.6 Å². The van der Waals surface area contributed by atoms with Crippen molar-refractivity contribution in [2.75, 3.05) is 20.2 Å². The smallest absolute Gasteiger partial charge is 0.410 e. The van der Waals surface area contributed by atoms with Crippen molar-refractivity contribution in [1.29, 1.82) is 0 Å². The van der Waals surface area contributed by atoms with Gasteiger partial charge in [0, 0.05) is 52.8 Å². The number of carbonyl (C=O) groups is 3. The van der Waals surface area contributed by atoms with Crippen molar-refractivity contribution in [2.24, 2.45) is 5.41 Å². The number of fused-ring (bicyclic) bond motifs is 9. The highest BCUT2D eigenvalue weighted by Gasteiger charge is 2.65. The van der Waals surface area contributed by atoms with Gasteiger partial charge in [0.1, 0.15) is 22.3 Å². The van der Waals surface area contributed by atoms with Crippen molar-refractivity contribution in [1.82, 2.24) is 19.1 Å². The summed E-state index contributed by atoms with van der Waals surface area (Å²) < 4.78 is 29.1. The maximum Gasteiger partial charge on any atom is 0.410 e. The Morgan fingerprint density at radius 3 is 2.37 bits per heavy atom. The molecule has 0 radical (unpaired) electrons. The fourth-order valence-corrected chi connectivity index (χ4v) is 9.97. The first-order valence-corrected chi connectivity index (χ1v) is 19.9. The number of hydrogen-bond acceptors (Lipinski definition) is 6. The molecule has 2 aromatic carbocycles. The molecule has 2 saturated carbocycles. The molecule has 51 heavy (non-hydrogen) atoms. The number of likely N-dealkylation sites (tertiary alicyclic amines) is 2. The van der Waals surface area contributed by atoms with Crippen molar-refractivity contribution in [3.05, 3.63) is 53.1 Å². The maximum absolute atomic E-state index is 15.0. The lowest BCUT2D eigenvalue weighted by Gasteiger charge is -2.37. The van der Waals surface area contributed by atoms with E-state index in [0.717, 1.165) is 59.2 Å². The summed E-state index contributed by atoms with van der Waals surface area (Å²) >= 11 is 0. The van der Waals surface area contributed by atoms with Gasteiger partial charge < -0.3 is 23.8 Å². The number of carbonyl (C=O) groups excluding carboxylic acids is 3. The van der Waals surface area contributed by atoms with Gasteiger partial charge in [0.2, 0.25) is 5.91 Å². The normalized spacial score (nSPS) is 26.0. The van der Waals surface area contributed by atoms with Crippen LogP contribution in [0.15, 0.2) is 36.4 Å². The number of benzene rings is 2. The molecule has 2 bridgehead atoms. The molecule has 8 rings (SSSR count). The van der Waals surface area contributed by atoms with Crippen LogP contribution in [0.4, 0.5) is 4.79 Å². The summed E-state index contributed by atoms with van der Waals surface area (Å²) in [5.74, 6) is 0.944. The molecule has 11 heteroatoms. The first-order valence-electron chi connectivity index (χ1n) is 18.7. The summed E-state index contributed by atoms with van der Waals surface area (Å²) in [7, 11) is 0.186. The summed E-state index contributed by atoms with van der Waals surface area (Å²) in [6.45, 7) is 10.8. The zero-order valence-corrected chi connectivity index (χ0v) is 31.4. The minimum Gasteiger partial charge on any atom is -0.497 e. The van der Waals surface area contributed by atoms with Crippen molar-refractivity contribution in [3.8, 4) is 17.0 Å². The second kappa shape index (κ2) is 12.4. The van der Waals surface area contributed by atoms with Crippen molar-refractivity contribution >= 4 is 39.8 Å². The van der Waals surface area contributed by atoms with Crippen LogP contribution in [0.5, 0.6) is 5.75 Å². The van der Waals surface area contributed by atoms with Gasteiger partial charge in [-0.25, -0.2) is 9.00 Å². The van der Waals surface area contributed by atoms with Crippen LogP contribution in [0, 0.1) is 5.41 Å². The summed E-state index contributed by atoms with van der Waals surface area (Å²) in [4.78, 5) is 45.4. The van der Waals surface area contributed by atoms with Crippen LogP contribution >= 0.6 is 0 Å². The van der Waals surface area contributed by atoms with Gasteiger partial charge in [-0.3, -0.25) is 14.3 Å². The first-order chi connectivity index (χ1) is 24.3. The van der Waals surface area contributed by atoms with E-state index in [9.17, 15) is 13.8 Å². The molecule has 1 N–H and O–H groups in total. The molecule has 2 saturated heterocycles. The van der Waals surface area contributed by atoms with Crippen molar-refractivity contribution in [2.45, 2.75) is 121 Å². The average Bonchev–Trinajstić information content (AvgIpc) is 3.33. The molecule has 4 heterocycles. The highest BCUT2D eigenvalue weighted by atomic mass is 32.2. The molecule has 1 aromatic heterocycles. The number of piperazine rings is 1. The monoisotopic (exact) mass is 714 g/mol. The largest absolute Gasteiger partial charge is 0.497 e. The molecule has 5 unspecified atom stereocenters. The van der Waals surface area contributed by atoms with Crippen LogP contribution in [-0.4, -0.2) is 79.6 Å². The molecule has 4 fully saturated rings. The Hall–Kier alpha value is -3.86. The molecule has 5 atom stereocenters. The SMILES string of the molecule is COc1ccc2c(c1)C1CC1(C(=O)N1CC3CC1CN3C(=O)OC(C)(C)C)Cn1c-2c(C2CCCCC2)c2ccc(C(=O)NS(=O)C(C)C)cc21. The van der Waals surface area contributed by atoms with E-state index < -0.39 is 22.0 Å². The molecule has 10 nitrogen and oxygen atoms in total. The predicted molar refractivity (Wildman–Crippen MR) is 197 cm³/mol. The standard InChI is InChI=1S/C40H50N4O6S/c1-23(2)51(48)41-36(45)25-12-14-30-33(16-25)44-22-40(37(46)42-20-27-17-26(42)21-43(27)38(47)50-39(3,4)5)19-32(40)31-18-28(49-6)13-15-29(31)35(44)34(30)24-10-8-7-9-11-24/h12-16,18,23-24,26-27,32H,7-11,17,19-22H2,1-6H3,(H,41,45). The molecular weight excluding hydrogens is 665 g/mol. The second-order valence-electron chi connectivity index (χ2n) is 16.7. The maximum atomic E-state index is 15.0. The number of hydrogen-bond donors (Lipinski definition) is 1. The first kappa shape index (κ1) is 34.2. The Kier molecular flexibility index (Phi) is 8.31. The molecule has 3 aromatic rings. The van der Waals surface area contributed by atoms with E-state index in [0.29, 0.717) is 31.1 Å². The molecule has 272 valence electrons. The van der Waals surface area contributed by atoms with E-state index in [-0.39, 0.29) is 41.2 Å². The van der Waals surface area contributed by atoms with Crippen molar-refractivity contribution < 1.29 is 28.1 Å². The van der Waals surface area contributed by atoms with Crippen LogP contribution in [0.1, 0.15) is 113 Å². The van der Waals surface area contributed by atoms with Crippen LogP contribution in [0.25, 0.3) is 22.2 Å². The number of rotatable bonds is 6. The van der Waals surface area contributed by atoms with Gasteiger partial charge in [0.25, 0.3) is 5.91 Å². The molecular formula is C40H50N4O6S. The molecule has 2 aliphatic carbocycles. The van der Waals surface area contributed by atoms with E-state index in [1.165, 1.54) is 24.8 Å². The minimum atomic E-state index is -1.50. The number of ether oxygens (including phenoxy) is 2. The minimum absolute atomic E-state index is 0.0188. The van der Waals surface area contributed by atoms with Gasteiger partial charge in [-0.15, -0.1) is 0 Å². The lowest BCUT2D eigenvalue weighted by atomic mass is 9.81. The lowest BCUT2D eigenvalue weighted by Crippen LogP contribution is -2.53. The Bertz CT molecular complexity index is 1960. The number of nitrogens with zero attached hydrogens (tertiary/aromatic N) is 3. The van der Waals surface area contributed by atoms with Gasteiger partial charge in [-0.1, -0.05) is 25.3 Å². The van der Waals surface area contributed by atoms with Gasteiger partial charge >= 0.3 is 6.09 Å². The van der Waals surface area contributed by atoms with Crippen LogP contribution in [-0.2, 0) is 27.1 Å². The lowest BCUT2D eigenvalue weighted by molar-refractivity contribution is -0.140. The van der Waals surface area contributed by atoms with Crippen LogP contribution in [0.2, 0.25) is 0 Å². The Morgan fingerprint density at radius 1 is 0.980 bits per heavy atom. The van der Waals surface area contributed by atoms with E-state index in [4.69, 9.17) is 9.47 Å². The topological polar surface area (TPSA) is 110 Å². The quantitative estimate of drug-likeness (QED) is 0.299. The van der Waals surface area contributed by atoms with Gasteiger partial charge in [-0.2, -0.15) is 0 Å². The van der Waals surface area contributed by atoms with Crippen LogP contribution < -0.4 is 9.46 Å². The van der Waals surface area contributed by atoms with Gasteiger partial charge in [0.15, 0.2) is 0 Å². The Morgan fingerprint density at radius 2 is 1.71 bits per heavy atom.